The van der Waals surface area contributed by atoms with E-state index in [1.807, 2.05) is 13.8 Å². The summed E-state index contributed by atoms with van der Waals surface area (Å²) in [6, 6.07) is 34.8. The first kappa shape index (κ1) is 34.1. The average Bonchev–Trinajstić information content (AvgIpc) is 3.71. The van der Waals surface area contributed by atoms with E-state index in [1.54, 1.807) is 0 Å². The molecule has 0 spiro atoms. The second kappa shape index (κ2) is 11.9. The maximum Gasteiger partial charge on any atom is 0.266 e. The lowest BCUT2D eigenvalue weighted by Gasteiger charge is -2.36. The predicted octanol–water partition coefficient (Wildman–Crippen LogP) is 8.85. The Hall–Kier alpha value is -6.73. The zero-order valence-electron chi connectivity index (χ0n) is 31.3. The zero-order chi connectivity index (χ0) is 38.7. The van der Waals surface area contributed by atoms with E-state index in [-0.39, 0.29) is 33.4 Å². The van der Waals surface area contributed by atoms with Gasteiger partial charge in [-0.3, -0.25) is 28.9 Å². The van der Waals surface area contributed by atoms with Crippen LogP contribution in [0.2, 0.25) is 0 Å². The Morgan fingerprint density at radius 3 is 1.42 bits per heavy atom. The number of carbonyl (C=O) groups is 5. The number of hydrogen-bond donors (Lipinski definition) is 0. The highest BCUT2D eigenvalue weighted by atomic mass is 16.2. The molecule has 3 aliphatic rings. The summed E-state index contributed by atoms with van der Waals surface area (Å²) in [5.74, 6) is -2.31. The summed E-state index contributed by atoms with van der Waals surface area (Å²) in [7, 11) is 1.40. The van der Waals surface area contributed by atoms with Gasteiger partial charge in [0.05, 0.1) is 33.4 Å². The molecule has 0 bridgehead atoms. The van der Waals surface area contributed by atoms with Crippen LogP contribution in [-0.2, 0) is 5.41 Å². The molecule has 0 N–H and O–H groups in total. The van der Waals surface area contributed by atoms with E-state index in [4.69, 9.17) is 0 Å². The number of carbonyl (C=O) groups excluding carboxylic acids is 5. The van der Waals surface area contributed by atoms with Crippen LogP contribution in [0.4, 0.5) is 5.69 Å². The second-order valence-electron chi connectivity index (χ2n) is 15.0. The van der Waals surface area contributed by atoms with Crippen LogP contribution in [-0.4, -0.2) is 41.4 Å². The fourth-order valence-corrected chi connectivity index (χ4v) is 9.06. The van der Waals surface area contributed by atoms with Crippen molar-refractivity contribution >= 4 is 35.1 Å². The molecule has 4 amide bonds. The first-order chi connectivity index (χ1) is 26.3. The van der Waals surface area contributed by atoms with Crippen LogP contribution in [0.25, 0.3) is 11.1 Å². The largest absolute Gasteiger partial charge is 0.289 e. The molecular weight excluding hydrogens is 685 g/mol. The fraction of sp³-hybridized carbons (Fsp3) is 0.146. The minimum Gasteiger partial charge on any atom is -0.289 e. The molecular formula is C48H36N2O5. The molecule has 7 heteroatoms. The summed E-state index contributed by atoms with van der Waals surface area (Å²) < 4.78 is 0. The van der Waals surface area contributed by atoms with Gasteiger partial charge in [-0.1, -0.05) is 84.9 Å². The first-order valence-electron chi connectivity index (χ1n) is 18.3. The van der Waals surface area contributed by atoms with Crippen molar-refractivity contribution in [1.82, 2.24) is 4.90 Å². The smallest absolute Gasteiger partial charge is 0.266 e. The molecule has 6 aromatic rings. The number of hydrogen-bond acceptors (Lipinski definition) is 5. The molecule has 0 atom stereocenters. The van der Waals surface area contributed by atoms with Crippen LogP contribution in [0.1, 0.15) is 107 Å². The third-order valence-electron chi connectivity index (χ3n) is 12.0. The maximum absolute atomic E-state index is 14.3. The van der Waals surface area contributed by atoms with Gasteiger partial charge in [-0.2, -0.15) is 0 Å². The summed E-state index contributed by atoms with van der Waals surface area (Å²) >= 11 is 0. The molecule has 2 aliphatic heterocycles. The molecule has 0 radical (unpaired) electrons. The Morgan fingerprint density at radius 1 is 0.473 bits per heavy atom. The van der Waals surface area contributed by atoms with E-state index in [0.29, 0.717) is 5.69 Å². The Labute approximate surface area is 318 Å². The van der Waals surface area contributed by atoms with E-state index in [0.717, 1.165) is 27.2 Å². The van der Waals surface area contributed by atoms with Crippen molar-refractivity contribution in [3.05, 3.63) is 193 Å². The number of ketones is 1. The van der Waals surface area contributed by atoms with Gasteiger partial charge in [0.25, 0.3) is 23.6 Å². The summed E-state index contributed by atoms with van der Waals surface area (Å²) in [6.45, 7) is 10.3. The van der Waals surface area contributed by atoms with Crippen molar-refractivity contribution in [2.45, 2.75) is 40.0 Å². The van der Waals surface area contributed by atoms with E-state index in [9.17, 15) is 24.0 Å². The highest BCUT2D eigenvalue weighted by Gasteiger charge is 2.47. The summed E-state index contributed by atoms with van der Waals surface area (Å²) in [5, 5.41) is 0. The number of benzene rings is 6. The van der Waals surface area contributed by atoms with E-state index >= 15 is 0 Å². The number of anilines is 1. The number of rotatable bonds is 5. The molecule has 2 heterocycles. The second-order valence-corrected chi connectivity index (χ2v) is 15.0. The highest BCUT2D eigenvalue weighted by Crippen LogP contribution is 2.57. The average molecular weight is 721 g/mol. The number of nitrogens with zero attached hydrogens (tertiary/aromatic N) is 2. The SMILES string of the molecule is Cc1cc(C2(c3cc(C)c(N4C(=O)c5ccc(C(=O)c6ccc7c(c6)C(=O)N(C)C7=O)cc5C4=O)c(C)c3)c3ccccc3-c3ccccc32)cc(C)c1C. The molecule has 1 aliphatic carbocycles. The molecule has 0 saturated carbocycles. The lowest BCUT2D eigenvalue weighted by atomic mass is 9.66. The van der Waals surface area contributed by atoms with E-state index < -0.39 is 34.8 Å². The zero-order valence-corrected chi connectivity index (χ0v) is 31.3. The summed E-state index contributed by atoms with van der Waals surface area (Å²) in [5.41, 5.74) is 13.1. The first-order valence-corrected chi connectivity index (χ1v) is 18.3. The van der Waals surface area contributed by atoms with Crippen molar-refractivity contribution < 1.29 is 24.0 Å². The van der Waals surface area contributed by atoms with Gasteiger partial charge in [-0.05, 0) is 120 Å². The van der Waals surface area contributed by atoms with Crippen LogP contribution in [0, 0.1) is 34.6 Å². The van der Waals surface area contributed by atoms with Gasteiger partial charge in [0.2, 0.25) is 0 Å². The number of aryl methyl sites for hydroxylation is 4. The molecule has 0 unspecified atom stereocenters. The lowest BCUT2D eigenvalue weighted by molar-refractivity contribution is 0.0692. The molecule has 0 aromatic heterocycles. The quantitative estimate of drug-likeness (QED) is 0.131. The number of imide groups is 2. The standard InChI is InChI=1S/C48H36N2O5/c1-25-19-32(20-26(2)29(25)5)48(40-13-9-7-11-34(40)35-12-8-10-14-41(35)48)33-21-27(3)42(28(4)22-33)50-46(54)37-18-16-31(24-39(37)47(50)55)43(51)30-15-17-36-38(23-30)45(53)49(6)44(36)52/h7-24H,1-6H3. The van der Waals surface area contributed by atoms with Crippen LogP contribution in [0.5, 0.6) is 0 Å². The molecule has 6 aromatic carbocycles. The summed E-state index contributed by atoms with van der Waals surface area (Å²) in [4.78, 5) is 69.3. The molecule has 0 fully saturated rings. The van der Waals surface area contributed by atoms with Crippen LogP contribution >= 0.6 is 0 Å². The van der Waals surface area contributed by atoms with Crippen LogP contribution in [0.15, 0.2) is 109 Å². The van der Waals surface area contributed by atoms with Gasteiger partial charge in [-0.15, -0.1) is 0 Å². The monoisotopic (exact) mass is 720 g/mol. The van der Waals surface area contributed by atoms with Crippen molar-refractivity contribution in [3.8, 4) is 11.1 Å². The highest BCUT2D eigenvalue weighted by molar-refractivity contribution is 6.35. The summed E-state index contributed by atoms with van der Waals surface area (Å²) in [6.07, 6.45) is 0. The van der Waals surface area contributed by atoms with Gasteiger partial charge in [0.1, 0.15) is 0 Å². The molecule has 55 heavy (non-hydrogen) atoms. The van der Waals surface area contributed by atoms with E-state index in [1.165, 1.54) is 87.3 Å². The minimum atomic E-state index is -0.660. The minimum absolute atomic E-state index is 0.131. The van der Waals surface area contributed by atoms with Gasteiger partial charge in [0, 0.05) is 18.2 Å². The molecule has 0 saturated heterocycles. The van der Waals surface area contributed by atoms with Crippen molar-refractivity contribution in [3.63, 3.8) is 0 Å². The Bertz CT molecular complexity index is 2700. The van der Waals surface area contributed by atoms with Gasteiger partial charge in [-0.25, -0.2) is 4.90 Å². The van der Waals surface area contributed by atoms with Crippen LogP contribution in [0.3, 0.4) is 0 Å². The third-order valence-corrected chi connectivity index (χ3v) is 12.0. The van der Waals surface area contributed by atoms with Gasteiger partial charge in [0.15, 0.2) is 5.78 Å². The van der Waals surface area contributed by atoms with Gasteiger partial charge < -0.3 is 0 Å². The van der Waals surface area contributed by atoms with Crippen molar-refractivity contribution in [2.75, 3.05) is 11.9 Å². The number of amides is 4. The fourth-order valence-electron chi connectivity index (χ4n) is 9.06. The Morgan fingerprint density at radius 2 is 0.891 bits per heavy atom. The van der Waals surface area contributed by atoms with Gasteiger partial charge >= 0.3 is 0 Å². The number of fused-ring (bicyclic) bond motifs is 5. The Balaban J connectivity index is 1.14. The van der Waals surface area contributed by atoms with Crippen molar-refractivity contribution in [2.24, 2.45) is 0 Å². The lowest BCUT2D eigenvalue weighted by Crippen LogP contribution is -2.32. The Kier molecular flexibility index (Phi) is 7.36. The molecule has 7 nitrogen and oxygen atoms in total. The van der Waals surface area contributed by atoms with Crippen LogP contribution < -0.4 is 4.90 Å². The molecule has 9 rings (SSSR count). The van der Waals surface area contributed by atoms with Crippen molar-refractivity contribution in [1.29, 1.82) is 0 Å². The normalized spacial score (nSPS) is 15.0. The molecule has 268 valence electrons. The third kappa shape index (κ3) is 4.59. The predicted molar refractivity (Wildman–Crippen MR) is 211 cm³/mol. The van der Waals surface area contributed by atoms with E-state index in [2.05, 4.69) is 93.6 Å². The topological polar surface area (TPSA) is 91.8 Å². The maximum atomic E-state index is 14.3.